The summed E-state index contributed by atoms with van der Waals surface area (Å²) >= 11 is 0. The topological polar surface area (TPSA) is 57.5 Å². The molecule has 2 N–H and O–H groups in total. The maximum absolute atomic E-state index is 4.35. The summed E-state index contributed by atoms with van der Waals surface area (Å²) in [4.78, 5) is 6.82. The van der Waals surface area contributed by atoms with Crippen LogP contribution in [0.5, 0.6) is 0 Å². The van der Waals surface area contributed by atoms with Crippen LogP contribution in [0.2, 0.25) is 0 Å². The molecule has 1 saturated heterocycles. The molecule has 0 saturated carbocycles. The molecule has 7 heteroatoms. The van der Waals surface area contributed by atoms with Crippen LogP contribution in [-0.4, -0.2) is 42.4 Å². The van der Waals surface area contributed by atoms with Crippen molar-refractivity contribution in [3.8, 4) is 0 Å². The average molecular weight is 482 g/mol. The molecule has 27 heavy (non-hydrogen) atoms. The predicted molar refractivity (Wildman–Crippen MR) is 123 cm³/mol. The van der Waals surface area contributed by atoms with Gasteiger partial charge in [-0.3, -0.25) is 9.67 Å². The summed E-state index contributed by atoms with van der Waals surface area (Å²) in [5.74, 6) is 0.827. The summed E-state index contributed by atoms with van der Waals surface area (Å²) in [6.45, 7) is 5.34. The number of rotatable bonds is 6. The van der Waals surface area contributed by atoms with Crippen LogP contribution in [0.3, 0.4) is 0 Å². The van der Waals surface area contributed by atoms with Gasteiger partial charge >= 0.3 is 0 Å². The molecular weight excluding hydrogens is 451 g/mol. The highest BCUT2D eigenvalue weighted by Crippen LogP contribution is 2.23. The van der Waals surface area contributed by atoms with Gasteiger partial charge in [0, 0.05) is 45.6 Å². The van der Waals surface area contributed by atoms with Crippen molar-refractivity contribution in [3.63, 3.8) is 0 Å². The van der Waals surface area contributed by atoms with Crippen molar-refractivity contribution in [2.45, 2.75) is 32.2 Å². The molecule has 2 heterocycles. The van der Waals surface area contributed by atoms with Crippen LogP contribution in [0, 0.1) is 0 Å². The van der Waals surface area contributed by atoms with Crippen molar-refractivity contribution < 1.29 is 0 Å². The number of aliphatic imine (C=N–C) groups is 1. The van der Waals surface area contributed by atoms with Crippen LogP contribution in [0.4, 0.5) is 5.69 Å². The highest BCUT2D eigenvalue weighted by molar-refractivity contribution is 14.0. The van der Waals surface area contributed by atoms with Crippen LogP contribution >= 0.6 is 24.0 Å². The largest absolute Gasteiger partial charge is 0.372 e. The highest BCUT2D eigenvalue weighted by atomic mass is 127. The zero-order chi connectivity index (χ0) is 18.4. The number of guanidine groups is 1. The van der Waals surface area contributed by atoms with E-state index in [9.17, 15) is 0 Å². The molecule has 0 spiro atoms. The third-order valence-corrected chi connectivity index (χ3v) is 4.88. The van der Waals surface area contributed by atoms with Gasteiger partial charge in [0.05, 0.1) is 12.2 Å². The first-order valence-corrected chi connectivity index (χ1v) is 9.45. The molecule has 0 bridgehead atoms. The SMILES string of the molecule is CN=C(NCCc1cnn(C)c1)NC(C)c1cccc(N2CCCC2)c1.I. The molecule has 3 rings (SSSR count). The third-order valence-electron chi connectivity index (χ3n) is 4.88. The summed E-state index contributed by atoms with van der Waals surface area (Å²) in [7, 11) is 3.75. The zero-order valence-electron chi connectivity index (χ0n) is 16.5. The van der Waals surface area contributed by atoms with Crippen molar-refractivity contribution in [3.05, 3.63) is 47.8 Å². The van der Waals surface area contributed by atoms with E-state index in [1.807, 2.05) is 31.2 Å². The number of aromatic nitrogens is 2. The van der Waals surface area contributed by atoms with Crippen molar-refractivity contribution in [1.82, 2.24) is 20.4 Å². The standard InChI is InChI=1S/C20H30N6.HI/c1-16(18-7-6-8-19(13-18)26-11-4-5-12-26)24-20(21-2)22-10-9-17-14-23-25(3)15-17;/h6-8,13-16H,4-5,9-12H2,1-3H3,(H2,21,22,24);1H. The van der Waals surface area contributed by atoms with E-state index in [-0.39, 0.29) is 30.0 Å². The number of aryl methyl sites for hydroxylation is 1. The molecule has 6 nitrogen and oxygen atoms in total. The first kappa shape index (κ1) is 21.5. The molecule has 1 unspecified atom stereocenters. The van der Waals surface area contributed by atoms with Gasteiger partial charge in [0.25, 0.3) is 0 Å². The molecule has 1 atom stereocenters. The van der Waals surface area contributed by atoms with E-state index in [2.05, 4.69) is 56.8 Å². The molecule has 0 radical (unpaired) electrons. The molecule has 1 aliphatic heterocycles. The quantitative estimate of drug-likeness (QED) is 0.378. The lowest BCUT2D eigenvalue weighted by Crippen LogP contribution is -2.39. The molecule has 1 fully saturated rings. The van der Waals surface area contributed by atoms with Crippen molar-refractivity contribution in [1.29, 1.82) is 0 Å². The maximum Gasteiger partial charge on any atom is 0.191 e. The Labute approximate surface area is 179 Å². The summed E-state index contributed by atoms with van der Waals surface area (Å²) in [5.41, 5.74) is 3.83. The first-order chi connectivity index (χ1) is 12.7. The van der Waals surface area contributed by atoms with Crippen molar-refractivity contribution in [2.75, 3.05) is 31.6 Å². The molecule has 2 aromatic rings. The van der Waals surface area contributed by atoms with E-state index in [0.717, 1.165) is 18.9 Å². The Kier molecular flexibility index (Phi) is 8.40. The van der Waals surface area contributed by atoms with Gasteiger partial charge in [0.1, 0.15) is 0 Å². The highest BCUT2D eigenvalue weighted by Gasteiger charge is 2.14. The van der Waals surface area contributed by atoms with Gasteiger partial charge in [0.2, 0.25) is 0 Å². The van der Waals surface area contributed by atoms with Crippen LogP contribution in [0.1, 0.15) is 36.9 Å². The van der Waals surface area contributed by atoms with E-state index in [4.69, 9.17) is 0 Å². The molecular formula is C20H31IN6. The fourth-order valence-electron chi connectivity index (χ4n) is 3.38. The van der Waals surface area contributed by atoms with Gasteiger partial charge < -0.3 is 15.5 Å². The molecule has 148 valence electrons. The Hall–Kier alpha value is -1.77. The van der Waals surface area contributed by atoms with Gasteiger partial charge in [0.15, 0.2) is 5.96 Å². The Morgan fingerprint density at radius 3 is 2.74 bits per heavy atom. The van der Waals surface area contributed by atoms with Crippen LogP contribution in [-0.2, 0) is 13.5 Å². The Balaban J connectivity index is 0.00000261. The van der Waals surface area contributed by atoms with Gasteiger partial charge in [-0.2, -0.15) is 5.10 Å². The van der Waals surface area contributed by atoms with E-state index >= 15 is 0 Å². The van der Waals surface area contributed by atoms with Crippen LogP contribution < -0.4 is 15.5 Å². The van der Waals surface area contributed by atoms with E-state index in [1.54, 1.807) is 0 Å². The lowest BCUT2D eigenvalue weighted by Gasteiger charge is -2.22. The molecule has 1 aromatic heterocycles. The number of anilines is 1. The van der Waals surface area contributed by atoms with E-state index in [0.29, 0.717) is 0 Å². The number of benzene rings is 1. The Morgan fingerprint density at radius 2 is 2.07 bits per heavy atom. The Morgan fingerprint density at radius 1 is 1.30 bits per heavy atom. The monoisotopic (exact) mass is 482 g/mol. The van der Waals surface area contributed by atoms with Crippen LogP contribution in [0.15, 0.2) is 41.7 Å². The van der Waals surface area contributed by atoms with Crippen molar-refractivity contribution in [2.24, 2.45) is 12.0 Å². The number of hydrogen-bond donors (Lipinski definition) is 2. The second-order valence-electron chi connectivity index (χ2n) is 6.93. The van der Waals surface area contributed by atoms with E-state index in [1.165, 1.54) is 42.7 Å². The lowest BCUT2D eigenvalue weighted by molar-refractivity contribution is 0.684. The number of halogens is 1. The molecule has 1 aromatic carbocycles. The second-order valence-corrected chi connectivity index (χ2v) is 6.93. The molecule has 0 amide bonds. The Bertz CT molecular complexity index is 736. The van der Waals surface area contributed by atoms with Gasteiger partial charge in [-0.1, -0.05) is 12.1 Å². The third kappa shape index (κ3) is 6.12. The summed E-state index contributed by atoms with van der Waals surface area (Å²) in [5, 5.41) is 11.1. The summed E-state index contributed by atoms with van der Waals surface area (Å²) in [6.07, 6.45) is 7.47. The maximum atomic E-state index is 4.35. The average Bonchev–Trinajstić information content (AvgIpc) is 3.33. The first-order valence-electron chi connectivity index (χ1n) is 9.45. The minimum Gasteiger partial charge on any atom is -0.372 e. The fraction of sp³-hybridized carbons (Fsp3) is 0.500. The second kappa shape index (κ2) is 10.5. The number of nitrogens with one attached hydrogen (secondary N) is 2. The lowest BCUT2D eigenvalue weighted by atomic mass is 10.1. The van der Waals surface area contributed by atoms with E-state index < -0.39 is 0 Å². The van der Waals surface area contributed by atoms with Gasteiger partial charge in [-0.15, -0.1) is 24.0 Å². The zero-order valence-corrected chi connectivity index (χ0v) is 18.8. The summed E-state index contributed by atoms with van der Waals surface area (Å²) < 4.78 is 1.83. The van der Waals surface area contributed by atoms with Gasteiger partial charge in [-0.05, 0) is 49.4 Å². The predicted octanol–water partition coefficient (Wildman–Crippen LogP) is 3.11. The number of hydrogen-bond acceptors (Lipinski definition) is 3. The van der Waals surface area contributed by atoms with Crippen LogP contribution in [0.25, 0.3) is 0 Å². The van der Waals surface area contributed by atoms with Gasteiger partial charge in [-0.25, -0.2) is 0 Å². The fourth-order valence-corrected chi connectivity index (χ4v) is 3.38. The normalized spacial score (nSPS) is 15.4. The molecule has 0 aliphatic carbocycles. The minimum atomic E-state index is 0. The summed E-state index contributed by atoms with van der Waals surface area (Å²) in [6, 6.07) is 9.04. The number of nitrogens with zero attached hydrogens (tertiary/aromatic N) is 4. The van der Waals surface area contributed by atoms with Crippen molar-refractivity contribution >= 4 is 35.6 Å². The molecule has 1 aliphatic rings. The smallest absolute Gasteiger partial charge is 0.191 e. The minimum absolute atomic E-state index is 0.